The van der Waals surface area contributed by atoms with E-state index in [-0.39, 0.29) is 5.91 Å². The molecule has 0 radical (unpaired) electrons. The van der Waals surface area contributed by atoms with E-state index in [1.165, 1.54) is 11.6 Å². The molecule has 3 N–H and O–H groups in total. The number of carbonyl (C=O) groups excluding carboxylic acids is 1. The van der Waals surface area contributed by atoms with Gasteiger partial charge in [-0.3, -0.25) is 18.9 Å². The summed E-state index contributed by atoms with van der Waals surface area (Å²) in [5.74, 6) is -0.289. The van der Waals surface area contributed by atoms with Gasteiger partial charge in [0.25, 0.3) is 5.91 Å². The number of rotatable bonds is 2. The number of anilines is 1. The molecule has 0 saturated heterocycles. The van der Waals surface area contributed by atoms with E-state index in [0.29, 0.717) is 21.7 Å². The molecule has 1 aromatic carbocycles. The molecule has 1 aliphatic heterocycles. The Labute approximate surface area is 117 Å². The van der Waals surface area contributed by atoms with Crippen LogP contribution in [-0.2, 0) is 0 Å². The molecule has 20 heavy (non-hydrogen) atoms. The summed E-state index contributed by atoms with van der Waals surface area (Å²) in [6.07, 6.45) is 4.68. The molecule has 0 aliphatic carbocycles. The van der Waals surface area contributed by atoms with Crippen LogP contribution < -0.4 is 5.32 Å². The fraction of sp³-hybridized carbons (Fsp3) is 0. The number of fused-ring (bicyclic) bond motifs is 1. The Morgan fingerprint density at radius 1 is 1.20 bits per heavy atom. The number of benzene rings is 1. The molecule has 2 aromatic rings. The zero-order chi connectivity index (χ0) is 14.2. The van der Waals surface area contributed by atoms with E-state index in [2.05, 4.69) is 10.3 Å². The highest BCUT2D eigenvalue weighted by Crippen LogP contribution is 2.57. The van der Waals surface area contributed by atoms with E-state index in [9.17, 15) is 13.9 Å². The van der Waals surface area contributed by atoms with Gasteiger partial charge in [0.2, 0.25) is 0 Å². The van der Waals surface area contributed by atoms with Crippen molar-refractivity contribution in [2.45, 2.75) is 4.90 Å². The van der Waals surface area contributed by atoms with Crippen molar-refractivity contribution >= 4 is 28.3 Å². The second-order valence-corrected chi connectivity index (χ2v) is 6.21. The predicted octanol–water partition coefficient (Wildman–Crippen LogP) is 3.43. The van der Waals surface area contributed by atoms with Crippen LogP contribution in [0.3, 0.4) is 0 Å². The minimum absolute atomic E-state index is 0.289. The molecule has 1 aliphatic rings. The molecule has 5 nitrogen and oxygen atoms in total. The Morgan fingerprint density at radius 3 is 2.80 bits per heavy atom. The molecule has 1 amide bonds. The first-order valence-electron chi connectivity index (χ1n) is 5.89. The highest BCUT2D eigenvalue weighted by molar-refractivity contribution is 8.27. The average Bonchev–Trinajstić information content (AvgIpc) is 2.77. The summed E-state index contributed by atoms with van der Waals surface area (Å²) >= 11 is 0. The van der Waals surface area contributed by atoms with Crippen molar-refractivity contribution in [1.82, 2.24) is 4.98 Å². The smallest absolute Gasteiger partial charge is 0.257 e. The maximum absolute atomic E-state index is 12.1. The van der Waals surface area contributed by atoms with Gasteiger partial charge in [-0.15, -0.1) is 10.6 Å². The summed E-state index contributed by atoms with van der Waals surface area (Å²) in [6.45, 7) is 0. The van der Waals surface area contributed by atoms with E-state index >= 15 is 0 Å². The van der Waals surface area contributed by atoms with Crippen LogP contribution in [-0.4, -0.2) is 20.0 Å². The predicted molar refractivity (Wildman–Crippen MR) is 78.8 cm³/mol. The van der Waals surface area contributed by atoms with Gasteiger partial charge in [0.05, 0.1) is 16.1 Å². The Kier molecular flexibility index (Phi) is 3.06. The Morgan fingerprint density at radius 2 is 2.05 bits per heavy atom. The molecule has 2 heterocycles. The topological polar surface area (TPSA) is 82.5 Å². The first kappa shape index (κ1) is 12.9. The number of pyridine rings is 1. The van der Waals surface area contributed by atoms with E-state index in [1.807, 2.05) is 0 Å². The standard InChI is InChI=1S/C14H12N2O3S/c17-14(10-3-2-7-15-9-10)16-12-4-1-5-13-11(12)6-8-20(13,18)19/h1-9,18-19H,(H,16,17). The normalized spacial score (nSPS) is 16.5. The van der Waals surface area contributed by atoms with Crippen LogP contribution in [0.4, 0.5) is 5.69 Å². The van der Waals surface area contributed by atoms with Crippen molar-refractivity contribution in [2.24, 2.45) is 0 Å². The Bertz CT molecular complexity index is 699. The van der Waals surface area contributed by atoms with E-state index in [4.69, 9.17) is 0 Å². The van der Waals surface area contributed by atoms with Gasteiger partial charge >= 0.3 is 0 Å². The zero-order valence-corrected chi connectivity index (χ0v) is 11.2. The number of hydrogen-bond donors (Lipinski definition) is 3. The molecule has 0 bridgehead atoms. The number of amides is 1. The van der Waals surface area contributed by atoms with Crippen molar-refractivity contribution in [3.05, 3.63) is 59.3 Å². The molecule has 0 unspecified atom stereocenters. The lowest BCUT2D eigenvalue weighted by Crippen LogP contribution is -2.13. The van der Waals surface area contributed by atoms with Crippen molar-refractivity contribution in [2.75, 3.05) is 5.32 Å². The van der Waals surface area contributed by atoms with Crippen LogP contribution >= 0.6 is 10.6 Å². The monoisotopic (exact) mass is 288 g/mol. The molecule has 0 atom stereocenters. The largest absolute Gasteiger partial charge is 0.321 e. The van der Waals surface area contributed by atoms with Gasteiger partial charge in [0.15, 0.2) is 0 Å². The molecule has 0 fully saturated rings. The van der Waals surface area contributed by atoms with Crippen LogP contribution in [0.25, 0.3) is 6.08 Å². The van der Waals surface area contributed by atoms with Gasteiger partial charge in [0, 0.05) is 23.4 Å². The lowest BCUT2D eigenvalue weighted by Gasteiger charge is -2.25. The van der Waals surface area contributed by atoms with Crippen LogP contribution in [0.5, 0.6) is 0 Å². The fourth-order valence-corrected chi connectivity index (χ4v) is 3.27. The van der Waals surface area contributed by atoms with Crippen LogP contribution in [0.1, 0.15) is 15.9 Å². The minimum atomic E-state index is -2.87. The van der Waals surface area contributed by atoms with E-state index in [0.717, 1.165) is 0 Å². The van der Waals surface area contributed by atoms with Crippen molar-refractivity contribution in [3.8, 4) is 0 Å². The van der Waals surface area contributed by atoms with Gasteiger partial charge < -0.3 is 5.32 Å². The van der Waals surface area contributed by atoms with Gasteiger partial charge in [-0.2, -0.15) is 0 Å². The second kappa shape index (κ2) is 4.75. The molecular formula is C14H12N2O3S. The highest BCUT2D eigenvalue weighted by Gasteiger charge is 2.24. The summed E-state index contributed by atoms with van der Waals surface area (Å²) in [5.41, 5.74) is 1.62. The summed E-state index contributed by atoms with van der Waals surface area (Å²) in [6, 6.07) is 8.39. The van der Waals surface area contributed by atoms with Crippen molar-refractivity contribution in [3.63, 3.8) is 0 Å². The second-order valence-electron chi connectivity index (χ2n) is 4.31. The highest BCUT2D eigenvalue weighted by atomic mass is 32.3. The molecule has 6 heteroatoms. The van der Waals surface area contributed by atoms with Gasteiger partial charge in [-0.1, -0.05) is 6.07 Å². The SMILES string of the molecule is O=C(Nc1cccc2c1C=CS2(O)O)c1cccnc1. The lowest BCUT2D eigenvalue weighted by molar-refractivity contribution is 0.102. The molecule has 0 spiro atoms. The quantitative estimate of drug-likeness (QED) is 0.790. The number of nitrogens with one attached hydrogen (secondary N) is 1. The first-order chi connectivity index (χ1) is 9.58. The van der Waals surface area contributed by atoms with Crippen LogP contribution in [0.2, 0.25) is 0 Å². The third-order valence-corrected chi connectivity index (χ3v) is 4.51. The summed E-state index contributed by atoms with van der Waals surface area (Å²) in [4.78, 5) is 16.4. The van der Waals surface area contributed by atoms with Gasteiger partial charge in [-0.25, -0.2) is 0 Å². The molecular weight excluding hydrogens is 276 g/mol. The molecule has 0 saturated carbocycles. The maximum Gasteiger partial charge on any atom is 0.257 e. The number of hydrogen-bond acceptors (Lipinski definition) is 4. The number of carbonyl (C=O) groups is 1. The van der Waals surface area contributed by atoms with E-state index < -0.39 is 10.6 Å². The lowest BCUT2D eigenvalue weighted by atomic mass is 10.1. The number of aromatic nitrogens is 1. The average molecular weight is 288 g/mol. The first-order valence-corrected chi connectivity index (χ1v) is 7.50. The van der Waals surface area contributed by atoms with Crippen LogP contribution in [0.15, 0.2) is 53.0 Å². The summed E-state index contributed by atoms with van der Waals surface area (Å²) in [5, 5.41) is 4.12. The summed E-state index contributed by atoms with van der Waals surface area (Å²) in [7, 11) is -2.87. The molecule has 1 aromatic heterocycles. The molecule has 102 valence electrons. The van der Waals surface area contributed by atoms with Gasteiger partial charge in [0.1, 0.15) is 0 Å². The minimum Gasteiger partial charge on any atom is -0.321 e. The van der Waals surface area contributed by atoms with Gasteiger partial charge in [-0.05, 0) is 30.3 Å². The zero-order valence-electron chi connectivity index (χ0n) is 10.4. The Hall–Kier alpha value is -2.15. The maximum atomic E-state index is 12.1. The van der Waals surface area contributed by atoms with Crippen molar-refractivity contribution in [1.29, 1.82) is 0 Å². The third kappa shape index (κ3) is 2.20. The summed E-state index contributed by atoms with van der Waals surface area (Å²) < 4.78 is 19.7. The third-order valence-electron chi connectivity index (χ3n) is 2.99. The number of nitrogens with zero attached hydrogens (tertiary/aromatic N) is 1. The molecule has 3 rings (SSSR count). The Balaban J connectivity index is 1.92. The fourth-order valence-electron chi connectivity index (χ4n) is 2.01. The van der Waals surface area contributed by atoms with E-state index in [1.54, 1.807) is 42.6 Å². The van der Waals surface area contributed by atoms with Crippen molar-refractivity contribution < 1.29 is 13.9 Å². The van der Waals surface area contributed by atoms with Crippen LogP contribution in [0, 0.1) is 0 Å².